The fourth-order valence-electron chi connectivity index (χ4n) is 2.59. The van der Waals surface area contributed by atoms with Crippen molar-refractivity contribution >= 4 is 11.9 Å². The van der Waals surface area contributed by atoms with Gasteiger partial charge in [0.15, 0.2) is 0 Å². The van der Waals surface area contributed by atoms with Crippen molar-refractivity contribution in [2.24, 2.45) is 0 Å². The van der Waals surface area contributed by atoms with Crippen molar-refractivity contribution < 1.29 is 23.8 Å². The highest BCUT2D eigenvalue weighted by molar-refractivity contribution is 5.84. The van der Waals surface area contributed by atoms with E-state index in [2.05, 4.69) is 10.3 Å². The van der Waals surface area contributed by atoms with E-state index in [0.29, 0.717) is 22.9 Å². The van der Waals surface area contributed by atoms with Crippen LogP contribution in [-0.4, -0.2) is 28.0 Å². The molecule has 1 amide bonds. The average molecular weight is 394 g/mol. The highest BCUT2D eigenvalue weighted by atomic mass is 19.1. The van der Waals surface area contributed by atoms with Crippen molar-refractivity contribution in [2.75, 3.05) is 0 Å². The summed E-state index contributed by atoms with van der Waals surface area (Å²) in [6, 6.07) is 17.3. The van der Waals surface area contributed by atoms with Crippen molar-refractivity contribution in [3.63, 3.8) is 0 Å². The van der Waals surface area contributed by atoms with Gasteiger partial charge in [0.2, 0.25) is 5.91 Å². The lowest BCUT2D eigenvalue weighted by Crippen LogP contribution is -2.39. The Balaban J connectivity index is 1.67. The Labute approximate surface area is 167 Å². The zero-order valence-electron chi connectivity index (χ0n) is 15.6. The van der Waals surface area contributed by atoms with Crippen LogP contribution in [0.25, 0.3) is 11.3 Å². The SMILES string of the molecule is CC(NC(=O)Cc1cccc(-c2ccc(Oc3ccc(F)cc3)cc2)n1)C(=O)O. The molecule has 0 aliphatic rings. The fourth-order valence-corrected chi connectivity index (χ4v) is 2.59. The number of hydrogen-bond donors (Lipinski definition) is 2. The molecule has 29 heavy (non-hydrogen) atoms. The van der Waals surface area contributed by atoms with E-state index < -0.39 is 17.9 Å². The Bertz CT molecular complexity index is 1000. The van der Waals surface area contributed by atoms with Crippen LogP contribution < -0.4 is 10.1 Å². The summed E-state index contributed by atoms with van der Waals surface area (Å²) in [6.45, 7) is 1.40. The molecule has 0 aliphatic carbocycles. The minimum Gasteiger partial charge on any atom is -0.480 e. The number of benzene rings is 2. The summed E-state index contributed by atoms with van der Waals surface area (Å²) in [7, 11) is 0. The average Bonchev–Trinajstić information content (AvgIpc) is 2.70. The van der Waals surface area contributed by atoms with Crippen molar-refractivity contribution in [3.05, 3.63) is 78.2 Å². The molecule has 2 aromatic carbocycles. The van der Waals surface area contributed by atoms with E-state index in [4.69, 9.17) is 9.84 Å². The van der Waals surface area contributed by atoms with Gasteiger partial charge < -0.3 is 15.2 Å². The molecular formula is C22H19FN2O4. The molecule has 1 heterocycles. The molecule has 1 unspecified atom stereocenters. The summed E-state index contributed by atoms with van der Waals surface area (Å²) in [5, 5.41) is 11.3. The third-order valence-corrected chi connectivity index (χ3v) is 4.10. The predicted molar refractivity (Wildman–Crippen MR) is 105 cm³/mol. The van der Waals surface area contributed by atoms with E-state index in [9.17, 15) is 14.0 Å². The molecule has 0 saturated carbocycles. The number of rotatable bonds is 7. The van der Waals surface area contributed by atoms with Gasteiger partial charge in [0.1, 0.15) is 23.4 Å². The van der Waals surface area contributed by atoms with Gasteiger partial charge in [-0.2, -0.15) is 0 Å². The summed E-state index contributed by atoms with van der Waals surface area (Å²) in [6.07, 6.45) is -0.0166. The first-order valence-electron chi connectivity index (χ1n) is 8.92. The molecule has 0 saturated heterocycles. The molecular weight excluding hydrogens is 375 g/mol. The summed E-state index contributed by atoms with van der Waals surface area (Å²) in [5.74, 6) is -0.709. The second-order valence-electron chi connectivity index (χ2n) is 6.40. The number of carbonyl (C=O) groups excluding carboxylic acids is 1. The number of aliphatic carboxylic acids is 1. The Morgan fingerprint density at radius 1 is 1.03 bits per heavy atom. The zero-order valence-corrected chi connectivity index (χ0v) is 15.6. The molecule has 2 N–H and O–H groups in total. The first kappa shape index (κ1) is 20.0. The van der Waals surface area contributed by atoms with Gasteiger partial charge in [-0.25, -0.2) is 4.39 Å². The molecule has 1 aromatic heterocycles. The minimum atomic E-state index is -1.09. The van der Waals surface area contributed by atoms with E-state index in [1.807, 2.05) is 18.2 Å². The minimum absolute atomic E-state index is 0.0166. The number of carboxylic acid groups (broad SMARTS) is 1. The standard InChI is InChI=1S/C22H19FN2O4/c1-14(22(27)28)24-21(26)13-17-3-2-4-20(25-17)15-5-9-18(10-6-15)29-19-11-7-16(23)8-12-19/h2-12,14H,13H2,1H3,(H,24,26)(H,27,28). The van der Waals surface area contributed by atoms with Crippen molar-refractivity contribution in [2.45, 2.75) is 19.4 Å². The Kier molecular flexibility index (Phi) is 6.19. The van der Waals surface area contributed by atoms with Gasteiger partial charge in [0.05, 0.1) is 17.8 Å². The molecule has 0 fully saturated rings. The normalized spacial score (nSPS) is 11.5. The molecule has 3 rings (SSSR count). The number of ether oxygens (including phenoxy) is 1. The highest BCUT2D eigenvalue weighted by Crippen LogP contribution is 2.25. The summed E-state index contributed by atoms with van der Waals surface area (Å²) >= 11 is 0. The third kappa shape index (κ3) is 5.62. The number of aromatic nitrogens is 1. The number of nitrogens with one attached hydrogen (secondary N) is 1. The molecule has 3 aromatic rings. The first-order chi connectivity index (χ1) is 13.9. The number of pyridine rings is 1. The van der Waals surface area contributed by atoms with Gasteiger partial charge in [-0.15, -0.1) is 0 Å². The van der Waals surface area contributed by atoms with Crippen LogP contribution in [0.4, 0.5) is 4.39 Å². The lowest BCUT2D eigenvalue weighted by atomic mass is 10.1. The van der Waals surface area contributed by atoms with Gasteiger partial charge in [0.25, 0.3) is 0 Å². The number of halogens is 1. The molecule has 0 spiro atoms. The van der Waals surface area contributed by atoms with Crippen LogP contribution in [-0.2, 0) is 16.0 Å². The molecule has 7 heteroatoms. The number of hydrogen-bond acceptors (Lipinski definition) is 4. The maximum Gasteiger partial charge on any atom is 0.325 e. The van der Waals surface area contributed by atoms with Crippen LogP contribution in [0.1, 0.15) is 12.6 Å². The monoisotopic (exact) mass is 394 g/mol. The van der Waals surface area contributed by atoms with Crippen LogP contribution in [0.2, 0.25) is 0 Å². The fraction of sp³-hybridized carbons (Fsp3) is 0.136. The quantitative estimate of drug-likeness (QED) is 0.636. The maximum atomic E-state index is 13.0. The zero-order chi connectivity index (χ0) is 20.8. The lowest BCUT2D eigenvalue weighted by Gasteiger charge is -2.10. The molecule has 0 bridgehead atoms. The molecule has 1 atom stereocenters. The smallest absolute Gasteiger partial charge is 0.325 e. The Morgan fingerprint density at radius 3 is 2.28 bits per heavy atom. The second-order valence-corrected chi connectivity index (χ2v) is 6.40. The Hall–Kier alpha value is -3.74. The van der Waals surface area contributed by atoms with E-state index in [-0.39, 0.29) is 12.2 Å². The van der Waals surface area contributed by atoms with Gasteiger partial charge in [-0.05, 0) is 67.6 Å². The van der Waals surface area contributed by atoms with Crippen molar-refractivity contribution in [1.82, 2.24) is 10.3 Å². The summed E-state index contributed by atoms with van der Waals surface area (Å²) < 4.78 is 18.6. The third-order valence-electron chi connectivity index (χ3n) is 4.10. The van der Waals surface area contributed by atoms with E-state index in [0.717, 1.165) is 5.56 Å². The van der Waals surface area contributed by atoms with Gasteiger partial charge in [-0.1, -0.05) is 6.07 Å². The van der Waals surface area contributed by atoms with E-state index in [1.165, 1.54) is 19.1 Å². The molecule has 0 aliphatic heterocycles. The second kappa shape index (κ2) is 8.97. The number of nitrogens with zero attached hydrogens (tertiary/aromatic N) is 1. The highest BCUT2D eigenvalue weighted by Gasteiger charge is 2.14. The van der Waals surface area contributed by atoms with Gasteiger partial charge in [0, 0.05) is 5.56 Å². The van der Waals surface area contributed by atoms with E-state index >= 15 is 0 Å². The first-order valence-corrected chi connectivity index (χ1v) is 8.92. The van der Waals surface area contributed by atoms with E-state index in [1.54, 1.807) is 36.4 Å². The van der Waals surface area contributed by atoms with Crippen LogP contribution in [0.5, 0.6) is 11.5 Å². The molecule has 6 nitrogen and oxygen atoms in total. The maximum absolute atomic E-state index is 13.0. The van der Waals surface area contributed by atoms with Crippen LogP contribution in [0.15, 0.2) is 66.7 Å². The summed E-state index contributed by atoms with van der Waals surface area (Å²) in [5.41, 5.74) is 2.04. The van der Waals surface area contributed by atoms with Gasteiger partial charge >= 0.3 is 5.97 Å². The summed E-state index contributed by atoms with van der Waals surface area (Å²) in [4.78, 5) is 27.3. The molecule has 148 valence electrons. The number of carboxylic acids is 1. The molecule has 0 radical (unpaired) electrons. The van der Waals surface area contributed by atoms with Crippen LogP contribution in [0.3, 0.4) is 0 Å². The topological polar surface area (TPSA) is 88.5 Å². The van der Waals surface area contributed by atoms with Crippen molar-refractivity contribution in [1.29, 1.82) is 0 Å². The Morgan fingerprint density at radius 2 is 1.66 bits per heavy atom. The van der Waals surface area contributed by atoms with Crippen LogP contribution in [0, 0.1) is 5.82 Å². The largest absolute Gasteiger partial charge is 0.480 e. The number of carbonyl (C=O) groups is 2. The van der Waals surface area contributed by atoms with Crippen LogP contribution >= 0.6 is 0 Å². The number of amides is 1. The lowest BCUT2D eigenvalue weighted by molar-refractivity contribution is -0.141. The van der Waals surface area contributed by atoms with Gasteiger partial charge in [-0.3, -0.25) is 14.6 Å². The van der Waals surface area contributed by atoms with Crippen molar-refractivity contribution in [3.8, 4) is 22.8 Å². The predicted octanol–water partition coefficient (Wildman–Crippen LogP) is 3.81.